The number of aromatic nitrogens is 1. The van der Waals surface area contributed by atoms with Gasteiger partial charge in [0.15, 0.2) is 0 Å². The van der Waals surface area contributed by atoms with Crippen molar-refractivity contribution in [3.8, 4) is 0 Å². The maximum absolute atomic E-state index is 11.5. The number of carboxylic acids is 1. The minimum absolute atomic E-state index is 0. The third kappa shape index (κ3) is 3.66. The fraction of sp³-hybridized carbons (Fsp3) is 0.300. The van der Waals surface area contributed by atoms with E-state index in [2.05, 4.69) is 26.2 Å². The van der Waals surface area contributed by atoms with Crippen molar-refractivity contribution in [2.24, 2.45) is 0 Å². The van der Waals surface area contributed by atoms with E-state index in [9.17, 15) is 9.59 Å². The molecule has 1 aliphatic rings. The van der Waals surface area contributed by atoms with Crippen LogP contribution in [0.4, 0.5) is 5.82 Å². The second-order valence-corrected chi connectivity index (χ2v) is 4.66. The monoisotopic (exact) mass is 335 g/mol. The largest absolute Gasteiger partial charge is 0.480 e. The number of aliphatic carboxylic acids is 1. The molecule has 0 radical (unpaired) electrons. The highest BCUT2D eigenvalue weighted by atomic mass is 79.9. The number of carbonyl (C=O) groups is 2. The van der Waals surface area contributed by atoms with E-state index in [-0.39, 0.29) is 31.4 Å². The van der Waals surface area contributed by atoms with Gasteiger partial charge < -0.3 is 10.4 Å². The Labute approximate surface area is 118 Å². The van der Waals surface area contributed by atoms with Crippen LogP contribution in [0.1, 0.15) is 5.56 Å². The van der Waals surface area contributed by atoms with Gasteiger partial charge in [-0.2, -0.15) is 0 Å². The number of amides is 1. The quantitative estimate of drug-likeness (QED) is 0.845. The van der Waals surface area contributed by atoms with E-state index < -0.39 is 5.97 Å². The topological polar surface area (TPSA) is 82.5 Å². The summed E-state index contributed by atoms with van der Waals surface area (Å²) in [6.07, 6.45) is 1.59. The lowest BCUT2D eigenvalue weighted by Crippen LogP contribution is -2.34. The lowest BCUT2D eigenvalue weighted by Gasteiger charge is -2.15. The zero-order valence-corrected chi connectivity index (χ0v) is 11.6. The fourth-order valence-corrected chi connectivity index (χ4v) is 2.07. The number of rotatable bonds is 2. The Morgan fingerprint density at radius 3 is 2.94 bits per heavy atom. The molecule has 1 amide bonds. The fourth-order valence-electron chi connectivity index (χ4n) is 1.69. The first-order chi connectivity index (χ1) is 8.04. The molecule has 0 saturated carbocycles. The molecule has 0 aromatic carbocycles. The summed E-state index contributed by atoms with van der Waals surface area (Å²) in [5.74, 6) is -0.713. The van der Waals surface area contributed by atoms with E-state index >= 15 is 0 Å². The highest BCUT2D eigenvalue weighted by Gasteiger charge is 2.21. The molecular formula is C10H11BrClN3O3. The zero-order chi connectivity index (χ0) is 12.4. The number of carboxylic acid groups (broad SMARTS) is 1. The number of pyridine rings is 1. The van der Waals surface area contributed by atoms with E-state index in [4.69, 9.17) is 5.11 Å². The summed E-state index contributed by atoms with van der Waals surface area (Å²) in [4.78, 5) is 27.8. The van der Waals surface area contributed by atoms with Gasteiger partial charge in [-0.1, -0.05) is 0 Å². The van der Waals surface area contributed by atoms with Gasteiger partial charge >= 0.3 is 5.97 Å². The highest BCUT2D eigenvalue weighted by molar-refractivity contribution is 9.10. The first kappa shape index (κ1) is 14.9. The molecule has 2 heterocycles. The number of halogens is 2. The first-order valence-electron chi connectivity index (χ1n) is 4.93. The van der Waals surface area contributed by atoms with Crippen molar-refractivity contribution in [1.29, 1.82) is 0 Å². The van der Waals surface area contributed by atoms with E-state index in [1.807, 2.05) is 6.07 Å². The van der Waals surface area contributed by atoms with Crippen LogP contribution in [-0.4, -0.2) is 40.0 Å². The minimum Gasteiger partial charge on any atom is -0.480 e. The Hall–Kier alpha value is -1.18. The average molecular weight is 337 g/mol. The Balaban J connectivity index is 0.00000162. The van der Waals surface area contributed by atoms with E-state index in [0.717, 1.165) is 10.0 Å². The molecule has 8 heteroatoms. The number of nitrogens with zero attached hydrogens (tertiary/aromatic N) is 2. The van der Waals surface area contributed by atoms with Gasteiger partial charge in [0.05, 0.1) is 13.1 Å². The zero-order valence-electron chi connectivity index (χ0n) is 9.22. The van der Waals surface area contributed by atoms with Crippen LogP contribution < -0.4 is 5.32 Å². The molecule has 0 unspecified atom stereocenters. The average Bonchev–Trinajstić information content (AvgIpc) is 2.34. The van der Waals surface area contributed by atoms with Crippen LogP contribution in [0.25, 0.3) is 0 Å². The molecule has 0 atom stereocenters. The molecule has 1 aromatic heterocycles. The maximum atomic E-state index is 11.5. The predicted molar refractivity (Wildman–Crippen MR) is 70.7 cm³/mol. The summed E-state index contributed by atoms with van der Waals surface area (Å²) >= 11 is 3.29. The van der Waals surface area contributed by atoms with Gasteiger partial charge in [-0.25, -0.2) is 4.98 Å². The number of nitrogens with one attached hydrogen (secondary N) is 1. The molecule has 1 aromatic rings. The Bertz CT molecular complexity index is 483. The van der Waals surface area contributed by atoms with Gasteiger partial charge in [-0.3, -0.25) is 14.5 Å². The van der Waals surface area contributed by atoms with Crippen LogP contribution in [0.2, 0.25) is 0 Å². The Morgan fingerprint density at radius 2 is 2.28 bits per heavy atom. The Morgan fingerprint density at radius 1 is 1.56 bits per heavy atom. The van der Waals surface area contributed by atoms with E-state index in [1.165, 1.54) is 0 Å². The normalized spacial score (nSPS) is 15.1. The van der Waals surface area contributed by atoms with Crippen LogP contribution in [0, 0.1) is 0 Å². The molecule has 2 N–H and O–H groups in total. The van der Waals surface area contributed by atoms with Gasteiger partial charge in [-0.05, 0) is 22.0 Å². The lowest BCUT2D eigenvalue weighted by atomic mass is 10.2. The van der Waals surface area contributed by atoms with E-state index in [1.54, 1.807) is 11.1 Å². The molecular weight excluding hydrogens is 325 g/mol. The molecule has 0 aliphatic carbocycles. The van der Waals surface area contributed by atoms with Crippen molar-refractivity contribution >= 4 is 46.0 Å². The number of carbonyl (C=O) groups excluding carboxylic acids is 1. The second-order valence-electron chi connectivity index (χ2n) is 3.75. The standard InChI is InChI=1S/C10H10BrN3O3.ClH/c11-7-1-6-3-14(5-9(16)17)4-8(15)13-10(6)12-2-7;/h1-2H,3-5H2,(H,16,17)(H,12,13,15);1H. The summed E-state index contributed by atoms with van der Waals surface area (Å²) in [5.41, 5.74) is 0.798. The van der Waals surface area contributed by atoms with E-state index in [0.29, 0.717) is 12.4 Å². The molecule has 0 fully saturated rings. The summed E-state index contributed by atoms with van der Waals surface area (Å²) in [5, 5.41) is 11.4. The summed E-state index contributed by atoms with van der Waals surface area (Å²) in [6.45, 7) is 0.270. The molecule has 0 saturated heterocycles. The minimum atomic E-state index is -0.954. The lowest BCUT2D eigenvalue weighted by molar-refractivity contribution is -0.138. The molecule has 6 nitrogen and oxygen atoms in total. The Kier molecular flexibility index (Phi) is 5.06. The van der Waals surface area contributed by atoms with Crippen LogP contribution in [0.3, 0.4) is 0 Å². The van der Waals surface area contributed by atoms with Crippen LogP contribution >= 0.6 is 28.3 Å². The number of hydrogen-bond donors (Lipinski definition) is 2. The summed E-state index contributed by atoms with van der Waals surface area (Å²) in [6, 6.07) is 1.82. The first-order valence-corrected chi connectivity index (χ1v) is 5.72. The van der Waals surface area contributed by atoms with Crippen molar-refractivity contribution in [1.82, 2.24) is 9.88 Å². The van der Waals surface area contributed by atoms with Crippen molar-refractivity contribution < 1.29 is 14.7 Å². The smallest absolute Gasteiger partial charge is 0.317 e. The van der Waals surface area contributed by atoms with Crippen LogP contribution in [0.5, 0.6) is 0 Å². The van der Waals surface area contributed by atoms with Crippen molar-refractivity contribution in [3.05, 3.63) is 22.3 Å². The molecule has 0 bridgehead atoms. The molecule has 0 spiro atoms. The molecule has 1 aliphatic heterocycles. The predicted octanol–water partition coefficient (Wildman–Crippen LogP) is 1.10. The molecule has 18 heavy (non-hydrogen) atoms. The van der Waals surface area contributed by atoms with Gasteiger partial charge in [0, 0.05) is 22.8 Å². The molecule has 2 rings (SSSR count). The highest BCUT2D eigenvalue weighted by Crippen LogP contribution is 2.21. The van der Waals surface area contributed by atoms with Crippen LogP contribution in [-0.2, 0) is 16.1 Å². The van der Waals surface area contributed by atoms with Crippen LogP contribution in [0.15, 0.2) is 16.7 Å². The second kappa shape index (κ2) is 6.12. The van der Waals surface area contributed by atoms with Gasteiger partial charge in [0.2, 0.25) is 5.91 Å². The summed E-state index contributed by atoms with van der Waals surface area (Å²) < 4.78 is 0.794. The summed E-state index contributed by atoms with van der Waals surface area (Å²) in [7, 11) is 0. The molecule has 98 valence electrons. The number of hydrogen-bond acceptors (Lipinski definition) is 4. The number of fused-ring (bicyclic) bond motifs is 1. The van der Waals surface area contributed by atoms with Gasteiger partial charge in [-0.15, -0.1) is 12.4 Å². The number of anilines is 1. The van der Waals surface area contributed by atoms with Crippen molar-refractivity contribution in [2.45, 2.75) is 6.54 Å². The maximum Gasteiger partial charge on any atom is 0.317 e. The van der Waals surface area contributed by atoms with Gasteiger partial charge in [0.25, 0.3) is 0 Å². The van der Waals surface area contributed by atoms with Gasteiger partial charge in [0.1, 0.15) is 5.82 Å². The third-order valence-electron chi connectivity index (χ3n) is 2.31. The SMILES string of the molecule is Cl.O=C(O)CN1CC(=O)Nc2ncc(Br)cc2C1. The third-order valence-corrected chi connectivity index (χ3v) is 2.74. The van der Waals surface area contributed by atoms with Crippen molar-refractivity contribution in [3.63, 3.8) is 0 Å². The van der Waals surface area contributed by atoms with Crippen molar-refractivity contribution in [2.75, 3.05) is 18.4 Å².